The Morgan fingerprint density at radius 1 is 1.35 bits per heavy atom. The van der Waals surface area contributed by atoms with Crippen molar-refractivity contribution in [3.63, 3.8) is 0 Å². The van der Waals surface area contributed by atoms with Gasteiger partial charge in [0, 0.05) is 24.7 Å². The quantitative estimate of drug-likeness (QED) is 0.559. The number of likely N-dealkylation sites (N-methyl/N-ethyl adjacent to an activating group) is 1. The predicted octanol–water partition coefficient (Wildman–Crippen LogP) is 3.02. The number of hydrogen-bond acceptors (Lipinski definition) is 3. The summed E-state index contributed by atoms with van der Waals surface area (Å²) in [5, 5.41) is 4.07. The van der Waals surface area contributed by atoms with E-state index < -0.39 is 0 Å². The van der Waals surface area contributed by atoms with Crippen LogP contribution < -0.4 is 10.1 Å². The second-order valence-electron chi connectivity index (χ2n) is 4.65. The molecule has 114 valence electrons. The lowest BCUT2D eigenvalue weighted by Crippen LogP contribution is -2.29. The average Bonchev–Trinajstić information content (AvgIpc) is 2.36. The number of rotatable bonds is 9. The summed E-state index contributed by atoms with van der Waals surface area (Å²) in [6, 6.07) is 5.70. The number of allylic oxidation sites excluding steroid dienone is 1. The fourth-order valence-electron chi connectivity index (χ4n) is 1.66. The maximum absolute atomic E-state index is 5.98. The van der Waals surface area contributed by atoms with E-state index in [2.05, 4.69) is 30.9 Å². The van der Waals surface area contributed by atoms with Gasteiger partial charge in [-0.1, -0.05) is 17.7 Å². The minimum atomic E-state index is 0. The second-order valence-corrected chi connectivity index (χ2v) is 5.08. The van der Waals surface area contributed by atoms with E-state index in [1.165, 1.54) is 0 Å². The third-order valence-corrected chi connectivity index (χ3v) is 2.89. The van der Waals surface area contributed by atoms with Crippen molar-refractivity contribution in [2.45, 2.75) is 6.42 Å². The predicted molar refractivity (Wildman–Crippen MR) is 89.5 cm³/mol. The lowest BCUT2D eigenvalue weighted by molar-refractivity contribution is 0.306. The molecule has 0 aliphatic carbocycles. The zero-order chi connectivity index (χ0) is 14.1. The molecular formula is C15H24Cl2N2O. The van der Waals surface area contributed by atoms with Gasteiger partial charge in [0.1, 0.15) is 12.4 Å². The Bertz CT molecular complexity index is 397. The number of halogens is 2. The van der Waals surface area contributed by atoms with Crippen molar-refractivity contribution >= 4 is 24.0 Å². The number of nitrogens with one attached hydrogen (secondary N) is 1. The summed E-state index contributed by atoms with van der Waals surface area (Å²) in [7, 11) is 4.13. The van der Waals surface area contributed by atoms with E-state index in [0.717, 1.165) is 42.4 Å². The Kier molecular flexibility index (Phi) is 10.6. The van der Waals surface area contributed by atoms with Crippen molar-refractivity contribution in [3.05, 3.63) is 41.4 Å². The Balaban J connectivity index is 0.00000361. The van der Waals surface area contributed by atoms with Crippen LogP contribution in [0.1, 0.15) is 5.56 Å². The highest BCUT2D eigenvalue weighted by atomic mass is 35.5. The number of benzene rings is 1. The van der Waals surface area contributed by atoms with Crippen LogP contribution in [0.15, 0.2) is 30.9 Å². The van der Waals surface area contributed by atoms with Gasteiger partial charge in [0.25, 0.3) is 0 Å². The van der Waals surface area contributed by atoms with Gasteiger partial charge in [-0.2, -0.15) is 0 Å². The van der Waals surface area contributed by atoms with Crippen LogP contribution in [0, 0.1) is 0 Å². The minimum absolute atomic E-state index is 0. The molecule has 5 heteroatoms. The summed E-state index contributed by atoms with van der Waals surface area (Å²) in [4.78, 5) is 2.15. The molecule has 1 rings (SSSR count). The topological polar surface area (TPSA) is 24.5 Å². The summed E-state index contributed by atoms with van der Waals surface area (Å²) in [6.45, 7) is 7.24. The second kappa shape index (κ2) is 11.0. The molecule has 0 aliphatic rings. The van der Waals surface area contributed by atoms with Gasteiger partial charge in [0.05, 0.1) is 0 Å². The summed E-state index contributed by atoms with van der Waals surface area (Å²) >= 11 is 5.98. The molecule has 0 aliphatic heterocycles. The van der Waals surface area contributed by atoms with Crippen molar-refractivity contribution in [3.8, 4) is 5.75 Å². The van der Waals surface area contributed by atoms with Crippen molar-refractivity contribution in [2.75, 3.05) is 40.3 Å². The Labute approximate surface area is 133 Å². The van der Waals surface area contributed by atoms with E-state index in [4.69, 9.17) is 16.3 Å². The first-order valence-electron chi connectivity index (χ1n) is 6.51. The Morgan fingerprint density at radius 2 is 2.10 bits per heavy atom. The molecule has 0 saturated carbocycles. The molecule has 0 saturated heterocycles. The molecule has 0 heterocycles. The zero-order valence-corrected chi connectivity index (χ0v) is 13.8. The monoisotopic (exact) mass is 318 g/mol. The van der Waals surface area contributed by atoms with Crippen molar-refractivity contribution in [1.29, 1.82) is 0 Å². The van der Waals surface area contributed by atoms with E-state index in [9.17, 15) is 0 Å². The molecule has 3 nitrogen and oxygen atoms in total. The van der Waals surface area contributed by atoms with Crippen LogP contribution in [0.25, 0.3) is 0 Å². The molecule has 0 aromatic heterocycles. The summed E-state index contributed by atoms with van der Waals surface area (Å²) < 4.78 is 5.77. The van der Waals surface area contributed by atoms with E-state index in [0.29, 0.717) is 6.61 Å². The Morgan fingerprint density at radius 3 is 2.75 bits per heavy atom. The van der Waals surface area contributed by atoms with Gasteiger partial charge in [-0.25, -0.2) is 0 Å². The first kappa shape index (κ1) is 19.3. The number of nitrogens with zero attached hydrogens (tertiary/aromatic N) is 1. The molecular weight excluding hydrogens is 295 g/mol. The fraction of sp³-hybridized carbons (Fsp3) is 0.467. The standard InChI is InChI=1S/C15H23ClN2O.ClH/c1-4-5-13-12-14(16)6-7-15(13)19-11-9-17-8-10-18(2)3;/h4,6-7,12,17H,1,5,8-11H2,2-3H3;1H. The normalized spacial score (nSPS) is 10.2. The maximum Gasteiger partial charge on any atom is 0.122 e. The molecule has 0 unspecified atom stereocenters. The van der Waals surface area contributed by atoms with Crippen LogP contribution in [-0.2, 0) is 6.42 Å². The molecule has 0 atom stereocenters. The zero-order valence-electron chi connectivity index (χ0n) is 12.2. The number of hydrogen-bond donors (Lipinski definition) is 1. The highest BCUT2D eigenvalue weighted by Gasteiger charge is 2.03. The van der Waals surface area contributed by atoms with Crippen molar-refractivity contribution in [2.24, 2.45) is 0 Å². The number of ether oxygens (including phenoxy) is 1. The molecule has 0 spiro atoms. The molecule has 1 aromatic carbocycles. The SMILES string of the molecule is C=CCc1cc(Cl)ccc1OCCNCCN(C)C.Cl. The molecule has 20 heavy (non-hydrogen) atoms. The molecule has 1 aromatic rings. The van der Waals surface area contributed by atoms with Gasteiger partial charge in [0.15, 0.2) is 0 Å². The molecule has 0 amide bonds. The van der Waals surface area contributed by atoms with Crippen LogP contribution in [0.4, 0.5) is 0 Å². The van der Waals surface area contributed by atoms with Crippen LogP contribution in [0.2, 0.25) is 5.02 Å². The smallest absolute Gasteiger partial charge is 0.122 e. The van der Waals surface area contributed by atoms with Gasteiger partial charge < -0.3 is 15.0 Å². The van der Waals surface area contributed by atoms with Gasteiger partial charge in [-0.3, -0.25) is 0 Å². The van der Waals surface area contributed by atoms with Crippen LogP contribution in [0.3, 0.4) is 0 Å². The summed E-state index contributed by atoms with van der Waals surface area (Å²) in [6.07, 6.45) is 2.62. The van der Waals surface area contributed by atoms with Crippen LogP contribution in [0.5, 0.6) is 5.75 Å². The lowest BCUT2D eigenvalue weighted by atomic mass is 10.1. The Hall–Kier alpha value is -0.740. The first-order chi connectivity index (χ1) is 9.13. The van der Waals surface area contributed by atoms with Crippen molar-refractivity contribution in [1.82, 2.24) is 10.2 Å². The maximum atomic E-state index is 5.98. The van der Waals surface area contributed by atoms with Crippen LogP contribution >= 0.6 is 24.0 Å². The largest absolute Gasteiger partial charge is 0.492 e. The van der Waals surface area contributed by atoms with E-state index >= 15 is 0 Å². The van der Waals surface area contributed by atoms with Crippen LogP contribution in [-0.4, -0.2) is 45.2 Å². The fourth-order valence-corrected chi connectivity index (χ4v) is 1.86. The third kappa shape index (κ3) is 7.75. The van der Waals surface area contributed by atoms with E-state index in [1.54, 1.807) is 0 Å². The van der Waals surface area contributed by atoms with E-state index in [1.807, 2.05) is 24.3 Å². The van der Waals surface area contributed by atoms with Crippen molar-refractivity contribution < 1.29 is 4.74 Å². The van der Waals surface area contributed by atoms with Gasteiger partial charge in [-0.15, -0.1) is 19.0 Å². The van der Waals surface area contributed by atoms with Gasteiger partial charge >= 0.3 is 0 Å². The highest BCUT2D eigenvalue weighted by molar-refractivity contribution is 6.30. The summed E-state index contributed by atoms with van der Waals surface area (Å²) in [5.41, 5.74) is 1.08. The molecule has 1 N–H and O–H groups in total. The third-order valence-electron chi connectivity index (χ3n) is 2.66. The van der Waals surface area contributed by atoms with Gasteiger partial charge in [0.2, 0.25) is 0 Å². The average molecular weight is 319 g/mol. The lowest BCUT2D eigenvalue weighted by Gasteiger charge is -2.13. The molecule has 0 radical (unpaired) electrons. The van der Waals surface area contributed by atoms with E-state index in [-0.39, 0.29) is 12.4 Å². The van der Waals surface area contributed by atoms with Gasteiger partial charge in [-0.05, 0) is 44.3 Å². The molecule has 0 bridgehead atoms. The molecule has 0 fully saturated rings. The summed E-state index contributed by atoms with van der Waals surface area (Å²) in [5.74, 6) is 0.888. The first-order valence-corrected chi connectivity index (χ1v) is 6.89. The minimum Gasteiger partial charge on any atom is -0.492 e. The highest BCUT2D eigenvalue weighted by Crippen LogP contribution is 2.23.